The first-order valence-corrected chi connectivity index (χ1v) is 8.97. The van der Waals surface area contributed by atoms with Gasteiger partial charge in [-0.3, -0.25) is 0 Å². The maximum atomic E-state index is 14.8. The number of rotatable bonds is 0. The van der Waals surface area contributed by atoms with Crippen molar-refractivity contribution in [1.29, 1.82) is 0 Å². The molecule has 0 saturated carbocycles. The number of halogens is 3. The molecule has 2 atom stereocenters. The van der Waals surface area contributed by atoms with E-state index in [9.17, 15) is 13.6 Å². The molecule has 0 aliphatic carbocycles. The van der Waals surface area contributed by atoms with E-state index in [2.05, 4.69) is 9.88 Å². The summed E-state index contributed by atoms with van der Waals surface area (Å²) in [7, 11) is 2.00. The first-order chi connectivity index (χ1) is 11.8. The number of benzene rings is 1. The van der Waals surface area contributed by atoms with Gasteiger partial charge in [0.15, 0.2) is 17.4 Å². The predicted octanol–water partition coefficient (Wildman–Crippen LogP) is 2.08. The van der Waals surface area contributed by atoms with Crippen LogP contribution in [0.1, 0.15) is 12.5 Å². The van der Waals surface area contributed by atoms with Crippen LogP contribution >= 0.6 is 22.9 Å². The maximum Gasteiger partial charge on any atom is 0.359 e. The SMILES string of the molecule is Cc1c(F)c2c3c(nc(=O)n(I)c3c1F)N1C(C)CN(C)CC1CO2. The molecule has 3 heterocycles. The van der Waals surface area contributed by atoms with Gasteiger partial charge >= 0.3 is 5.69 Å². The smallest absolute Gasteiger partial charge is 0.359 e. The predicted molar refractivity (Wildman–Crippen MR) is 98.8 cm³/mol. The second-order valence-corrected chi connectivity index (χ2v) is 7.71. The number of aromatic nitrogens is 2. The molecule has 6 nitrogen and oxygen atoms in total. The molecule has 4 rings (SSSR count). The van der Waals surface area contributed by atoms with Gasteiger partial charge in [0.25, 0.3) is 0 Å². The molecule has 2 aliphatic heterocycles. The quantitative estimate of drug-likeness (QED) is 0.562. The van der Waals surface area contributed by atoms with Gasteiger partial charge < -0.3 is 14.5 Å². The molecule has 0 amide bonds. The third-order valence-corrected chi connectivity index (χ3v) is 5.85. The Labute approximate surface area is 156 Å². The average Bonchev–Trinajstić information content (AvgIpc) is 2.70. The Hall–Kier alpha value is -1.49. The van der Waals surface area contributed by atoms with Gasteiger partial charge in [0.1, 0.15) is 17.9 Å². The summed E-state index contributed by atoms with van der Waals surface area (Å²) in [6, 6.07) is -0.0602. The summed E-state index contributed by atoms with van der Waals surface area (Å²) in [6.45, 7) is 5.06. The lowest BCUT2D eigenvalue weighted by molar-refractivity contribution is 0.183. The third-order valence-electron chi connectivity index (χ3n) is 4.95. The van der Waals surface area contributed by atoms with Crippen molar-refractivity contribution < 1.29 is 13.5 Å². The van der Waals surface area contributed by atoms with E-state index in [1.165, 1.54) is 6.92 Å². The lowest BCUT2D eigenvalue weighted by atomic mass is 10.1. The third kappa shape index (κ3) is 2.35. The highest BCUT2D eigenvalue weighted by atomic mass is 127. The van der Waals surface area contributed by atoms with E-state index in [0.29, 0.717) is 12.4 Å². The zero-order chi connectivity index (χ0) is 18.0. The summed E-state index contributed by atoms with van der Waals surface area (Å²) < 4.78 is 36.5. The molecule has 2 aromatic rings. The van der Waals surface area contributed by atoms with Crippen LogP contribution in [-0.4, -0.2) is 51.5 Å². The highest BCUT2D eigenvalue weighted by Gasteiger charge is 2.38. The fourth-order valence-electron chi connectivity index (χ4n) is 3.89. The summed E-state index contributed by atoms with van der Waals surface area (Å²) in [5.74, 6) is -1.20. The lowest BCUT2D eigenvalue weighted by Crippen LogP contribution is -2.59. The fraction of sp³-hybridized carbons (Fsp3) is 0.500. The van der Waals surface area contributed by atoms with Crippen molar-refractivity contribution in [2.75, 3.05) is 31.6 Å². The average molecular weight is 462 g/mol. The molecule has 9 heteroatoms. The van der Waals surface area contributed by atoms with Crippen LogP contribution in [0.3, 0.4) is 0 Å². The number of anilines is 1. The minimum Gasteiger partial charge on any atom is -0.487 e. The van der Waals surface area contributed by atoms with Crippen molar-refractivity contribution in [3.63, 3.8) is 0 Å². The van der Waals surface area contributed by atoms with Gasteiger partial charge in [-0.2, -0.15) is 4.98 Å². The van der Waals surface area contributed by atoms with Gasteiger partial charge in [-0.25, -0.2) is 16.4 Å². The Balaban J connectivity index is 2.13. The summed E-state index contributed by atoms with van der Waals surface area (Å²) in [5, 5.41) is 0.230. The Kier molecular flexibility index (Phi) is 3.91. The highest BCUT2D eigenvalue weighted by molar-refractivity contribution is 14.1. The van der Waals surface area contributed by atoms with Gasteiger partial charge in [-0.05, 0) is 20.9 Å². The van der Waals surface area contributed by atoms with Gasteiger partial charge in [0, 0.05) is 24.7 Å². The Morgan fingerprint density at radius 1 is 1.28 bits per heavy atom. The van der Waals surface area contributed by atoms with Gasteiger partial charge in [0.2, 0.25) is 0 Å². The summed E-state index contributed by atoms with van der Waals surface area (Å²) in [5.41, 5.74) is -0.712. The number of nitrogens with zero attached hydrogens (tertiary/aromatic N) is 4. The topological polar surface area (TPSA) is 50.6 Å². The van der Waals surface area contributed by atoms with E-state index in [0.717, 1.165) is 9.33 Å². The molecule has 1 aromatic heterocycles. The Morgan fingerprint density at radius 3 is 2.72 bits per heavy atom. The fourth-order valence-corrected chi connectivity index (χ4v) is 4.45. The van der Waals surface area contributed by atoms with Crippen LogP contribution in [0.25, 0.3) is 10.9 Å². The number of hydrogen-bond acceptors (Lipinski definition) is 5. The van der Waals surface area contributed by atoms with E-state index in [1.807, 2.05) is 18.9 Å². The molecular formula is C16H17F2IN4O2. The Morgan fingerprint density at radius 2 is 2.00 bits per heavy atom. The second kappa shape index (κ2) is 5.76. The van der Waals surface area contributed by atoms with Gasteiger partial charge in [-0.15, -0.1) is 0 Å². The van der Waals surface area contributed by atoms with Crippen LogP contribution in [0.4, 0.5) is 14.6 Å². The van der Waals surface area contributed by atoms with Crippen molar-refractivity contribution in [2.24, 2.45) is 0 Å². The Bertz CT molecular complexity index is 948. The minimum atomic E-state index is -0.754. The number of hydrogen-bond donors (Lipinski definition) is 0. The molecule has 0 spiro atoms. The lowest BCUT2D eigenvalue weighted by Gasteiger charge is -2.44. The zero-order valence-corrected chi connectivity index (χ0v) is 16.2. The van der Waals surface area contributed by atoms with Gasteiger partial charge in [0.05, 0.1) is 34.3 Å². The standard InChI is InChI=1S/C16H17F2IN4O2/c1-7-4-21(3)5-9-6-25-14-10-13(11(17)8(2)12(14)18)23(19)16(24)20-15(10)22(7)9/h7,9H,4-6H2,1-3H3. The number of ether oxygens (including phenoxy) is 1. The van der Waals surface area contributed by atoms with E-state index < -0.39 is 17.3 Å². The van der Waals surface area contributed by atoms with Crippen LogP contribution in [0.15, 0.2) is 4.79 Å². The summed E-state index contributed by atoms with van der Waals surface area (Å²) in [4.78, 5) is 20.7. The van der Waals surface area contributed by atoms with E-state index in [-0.39, 0.29) is 40.9 Å². The molecule has 2 aliphatic rings. The minimum absolute atomic E-state index is 0.0222. The largest absolute Gasteiger partial charge is 0.487 e. The maximum absolute atomic E-state index is 14.8. The molecule has 0 bridgehead atoms. The van der Waals surface area contributed by atoms with E-state index >= 15 is 0 Å². The normalized spacial score (nSPS) is 23.4. The molecule has 1 saturated heterocycles. The van der Waals surface area contributed by atoms with Crippen LogP contribution in [0.5, 0.6) is 5.75 Å². The zero-order valence-electron chi connectivity index (χ0n) is 14.0. The van der Waals surface area contributed by atoms with Crippen molar-refractivity contribution >= 4 is 39.6 Å². The molecule has 0 N–H and O–H groups in total. The molecule has 134 valence electrons. The van der Waals surface area contributed by atoms with Crippen LogP contribution in [0.2, 0.25) is 0 Å². The second-order valence-electron chi connectivity index (χ2n) is 6.75. The molecule has 2 unspecified atom stereocenters. The van der Waals surface area contributed by atoms with Crippen LogP contribution in [-0.2, 0) is 0 Å². The molecule has 25 heavy (non-hydrogen) atoms. The summed E-state index contributed by atoms with van der Waals surface area (Å²) in [6.07, 6.45) is 0. The van der Waals surface area contributed by atoms with Crippen LogP contribution in [0, 0.1) is 18.6 Å². The molecule has 1 fully saturated rings. The van der Waals surface area contributed by atoms with Crippen molar-refractivity contribution in [3.8, 4) is 5.75 Å². The van der Waals surface area contributed by atoms with Crippen molar-refractivity contribution in [1.82, 2.24) is 12.7 Å². The van der Waals surface area contributed by atoms with Crippen LogP contribution < -0.4 is 15.3 Å². The first kappa shape index (κ1) is 17.0. The highest BCUT2D eigenvalue weighted by Crippen LogP contribution is 2.42. The molecule has 0 radical (unpaired) electrons. The monoisotopic (exact) mass is 462 g/mol. The molecular weight excluding hydrogens is 445 g/mol. The molecule has 1 aromatic carbocycles. The number of likely N-dealkylation sites (N-methyl/N-ethyl adjacent to an activating group) is 1. The number of fused-ring (bicyclic) bond motifs is 2. The van der Waals surface area contributed by atoms with E-state index in [1.54, 1.807) is 22.9 Å². The number of piperazine rings is 1. The summed E-state index contributed by atoms with van der Waals surface area (Å²) >= 11 is 1.70. The van der Waals surface area contributed by atoms with E-state index in [4.69, 9.17) is 4.74 Å². The first-order valence-electron chi connectivity index (χ1n) is 8.01. The van der Waals surface area contributed by atoms with Crippen molar-refractivity contribution in [3.05, 3.63) is 27.7 Å². The van der Waals surface area contributed by atoms with Crippen molar-refractivity contribution in [2.45, 2.75) is 25.9 Å². The van der Waals surface area contributed by atoms with Gasteiger partial charge in [-0.1, -0.05) is 0 Å².